The molecule has 9 heteroatoms. The highest BCUT2D eigenvalue weighted by Gasteiger charge is 2.48. The molecule has 4 rings (SSSR count). The molecule has 1 atom stereocenters. The van der Waals surface area contributed by atoms with Crippen molar-refractivity contribution in [2.45, 2.75) is 56.6 Å². The number of rotatable bonds is 7. The van der Waals surface area contributed by atoms with E-state index in [-0.39, 0.29) is 5.56 Å². The molecule has 1 fully saturated rings. The van der Waals surface area contributed by atoms with Crippen molar-refractivity contribution < 1.29 is 18.6 Å². The van der Waals surface area contributed by atoms with Crippen molar-refractivity contribution >= 4 is 16.9 Å². The van der Waals surface area contributed by atoms with Crippen LogP contribution >= 0.6 is 0 Å². The summed E-state index contributed by atoms with van der Waals surface area (Å²) in [4.78, 5) is 13.0. The number of nitrogens with zero attached hydrogens (tertiary/aromatic N) is 4. The van der Waals surface area contributed by atoms with E-state index in [2.05, 4.69) is 26.3 Å². The third-order valence-electron chi connectivity index (χ3n) is 6.13. The summed E-state index contributed by atoms with van der Waals surface area (Å²) < 4.78 is 34.8. The Morgan fingerprint density at radius 2 is 1.97 bits per heavy atom. The zero-order chi connectivity index (χ0) is 24.0. The third-order valence-corrected chi connectivity index (χ3v) is 6.13. The van der Waals surface area contributed by atoms with Crippen molar-refractivity contribution in [3.63, 3.8) is 0 Å². The van der Waals surface area contributed by atoms with Crippen molar-refractivity contribution in [1.29, 1.82) is 5.26 Å². The molecule has 1 aliphatic rings. The number of benzene rings is 1. The van der Waals surface area contributed by atoms with Gasteiger partial charge in [0.1, 0.15) is 17.7 Å². The van der Waals surface area contributed by atoms with E-state index in [1.54, 1.807) is 6.07 Å². The molecule has 0 bridgehead atoms. The molecule has 172 valence electrons. The quantitative estimate of drug-likeness (QED) is 0.538. The Bertz CT molecular complexity index is 1250. The number of nitrogens with one attached hydrogen (secondary N) is 1. The van der Waals surface area contributed by atoms with Crippen LogP contribution in [0.5, 0.6) is 5.88 Å². The van der Waals surface area contributed by atoms with E-state index in [9.17, 15) is 19.1 Å². The van der Waals surface area contributed by atoms with Gasteiger partial charge >= 0.3 is 5.92 Å². The Hall–Kier alpha value is -3.38. The van der Waals surface area contributed by atoms with Crippen LogP contribution in [0.15, 0.2) is 36.7 Å². The molecule has 0 radical (unpaired) electrons. The molecular formula is C24H25F2N5O2. The zero-order valence-electron chi connectivity index (χ0n) is 18.9. The van der Waals surface area contributed by atoms with Gasteiger partial charge < -0.3 is 15.2 Å². The van der Waals surface area contributed by atoms with Gasteiger partial charge in [0.25, 0.3) is 0 Å². The first kappa shape index (κ1) is 22.8. The van der Waals surface area contributed by atoms with Gasteiger partial charge in [-0.1, -0.05) is 18.2 Å². The summed E-state index contributed by atoms with van der Waals surface area (Å²) in [6.07, 6.45) is 2.81. The van der Waals surface area contributed by atoms with E-state index >= 15 is 0 Å². The van der Waals surface area contributed by atoms with Gasteiger partial charge in [-0.05, 0) is 51.3 Å². The molecule has 0 saturated heterocycles. The van der Waals surface area contributed by atoms with E-state index in [1.165, 1.54) is 31.6 Å². The summed E-state index contributed by atoms with van der Waals surface area (Å²) >= 11 is 0. The fourth-order valence-corrected chi connectivity index (χ4v) is 3.80. The molecule has 2 N–H and O–H groups in total. The van der Waals surface area contributed by atoms with Crippen LogP contribution in [0.3, 0.4) is 0 Å². The van der Waals surface area contributed by atoms with Crippen molar-refractivity contribution in [3.8, 4) is 11.9 Å². The number of halogens is 2. The van der Waals surface area contributed by atoms with Gasteiger partial charge in [-0.2, -0.15) is 19.0 Å². The fraction of sp³-hybridized carbons (Fsp3) is 0.417. The number of ether oxygens (including phenoxy) is 1. The Balaban J connectivity index is 1.71. The molecule has 7 nitrogen and oxygen atoms in total. The van der Waals surface area contributed by atoms with Crippen LogP contribution in [0.2, 0.25) is 0 Å². The number of hydrogen-bond acceptors (Lipinski definition) is 7. The summed E-state index contributed by atoms with van der Waals surface area (Å²) in [5.74, 6) is -2.59. The largest absolute Gasteiger partial charge is 0.481 e. The predicted octanol–water partition coefficient (Wildman–Crippen LogP) is 4.62. The molecular weight excluding hydrogens is 428 g/mol. The molecule has 1 aromatic carbocycles. The molecule has 1 saturated carbocycles. The van der Waals surface area contributed by atoms with Crippen molar-refractivity contribution in [2.75, 3.05) is 12.4 Å². The van der Waals surface area contributed by atoms with Gasteiger partial charge in [-0.3, -0.25) is 0 Å². The van der Waals surface area contributed by atoms with E-state index in [0.717, 1.165) is 26.7 Å². The second-order valence-electron chi connectivity index (χ2n) is 8.96. The van der Waals surface area contributed by atoms with Crippen LogP contribution in [-0.2, 0) is 11.3 Å². The zero-order valence-corrected chi connectivity index (χ0v) is 18.9. The van der Waals surface area contributed by atoms with E-state index in [0.29, 0.717) is 33.9 Å². The van der Waals surface area contributed by atoms with Crippen LogP contribution in [0, 0.1) is 11.3 Å². The van der Waals surface area contributed by atoms with Crippen molar-refractivity contribution in [3.05, 3.63) is 53.3 Å². The van der Waals surface area contributed by atoms with Crippen molar-refractivity contribution in [1.82, 2.24) is 15.0 Å². The summed E-state index contributed by atoms with van der Waals surface area (Å²) in [5, 5.41) is 23.4. The highest BCUT2D eigenvalue weighted by Crippen LogP contribution is 2.51. The van der Waals surface area contributed by atoms with Gasteiger partial charge in [0.05, 0.1) is 24.0 Å². The minimum atomic E-state index is -3.42. The predicted molar refractivity (Wildman–Crippen MR) is 119 cm³/mol. The maximum Gasteiger partial charge on any atom is 0.300 e. The first-order chi connectivity index (χ1) is 15.5. The van der Waals surface area contributed by atoms with Crippen molar-refractivity contribution in [2.24, 2.45) is 0 Å². The first-order valence-corrected chi connectivity index (χ1v) is 10.6. The summed E-state index contributed by atoms with van der Waals surface area (Å²) in [7, 11) is 1.50. The Kier molecular flexibility index (Phi) is 5.45. The number of alkyl halides is 2. The van der Waals surface area contributed by atoms with E-state index in [4.69, 9.17) is 4.74 Å². The summed E-state index contributed by atoms with van der Waals surface area (Å²) in [5.41, 5.74) is -1.41. The maximum absolute atomic E-state index is 14.7. The Labute approximate surface area is 190 Å². The van der Waals surface area contributed by atoms with Crippen LogP contribution in [0.1, 0.15) is 56.3 Å². The lowest BCUT2D eigenvalue weighted by Crippen LogP contribution is -2.40. The molecule has 3 aromatic rings. The number of methoxy groups -OCH3 is 1. The lowest BCUT2D eigenvalue weighted by molar-refractivity contribution is -0.168. The number of pyridine rings is 1. The Morgan fingerprint density at radius 1 is 1.24 bits per heavy atom. The molecule has 33 heavy (non-hydrogen) atoms. The number of aromatic nitrogens is 3. The van der Waals surface area contributed by atoms with Crippen LogP contribution in [-0.4, -0.2) is 32.8 Å². The fourth-order valence-electron chi connectivity index (χ4n) is 3.80. The smallest absolute Gasteiger partial charge is 0.300 e. The lowest BCUT2D eigenvalue weighted by atomic mass is 9.91. The van der Waals surface area contributed by atoms with Crippen LogP contribution in [0.4, 0.5) is 14.6 Å². The molecule has 0 unspecified atom stereocenters. The van der Waals surface area contributed by atoms with Gasteiger partial charge in [0, 0.05) is 17.2 Å². The molecule has 2 heterocycles. The SMILES string of the molecule is COc1nc2ncnc(N[C@H](C)c3cccc(C(F)(F)C(C)(C)O)c3)c2cc1C1(C#N)CC1. The normalized spacial score (nSPS) is 16.2. The van der Waals surface area contributed by atoms with E-state index < -0.39 is 23.0 Å². The number of aliphatic hydroxyl groups is 1. The highest BCUT2D eigenvalue weighted by molar-refractivity contribution is 5.88. The third kappa shape index (κ3) is 3.95. The van der Waals surface area contributed by atoms with Gasteiger partial charge in [0.2, 0.25) is 5.88 Å². The number of anilines is 1. The standard InChI is InChI=1S/C24H25F2N5O2/c1-14(15-6-5-7-16(10-15)24(25,26)22(2,3)32)30-19-17-11-18(23(12-27)8-9-23)21(33-4)31-20(17)29-13-28-19/h5-7,10-11,13-14,32H,8-9H2,1-4H3,(H,28,29,30,31)/t14-/m1/s1. The average Bonchev–Trinajstić information content (AvgIpc) is 3.59. The molecule has 0 spiro atoms. The highest BCUT2D eigenvalue weighted by atomic mass is 19.3. The van der Waals surface area contributed by atoms with E-state index in [1.807, 2.05) is 13.0 Å². The minimum absolute atomic E-state index is 0.271. The van der Waals surface area contributed by atoms with Crippen LogP contribution < -0.4 is 10.1 Å². The Morgan fingerprint density at radius 3 is 2.58 bits per heavy atom. The number of nitriles is 1. The topological polar surface area (TPSA) is 104 Å². The van der Waals surface area contributed by atoms with Gasteiger partial charge in [-0.15, -0.1) is 0 Å². The first-order valence-electron chi connectivity index (χ1n) is 10.6. The lowest BCUT2D eigenvalue weighted by Gasteiger charge is -2.30. The molecule has 0 aliphatic heterocycles. The van der Waals surface area contributed by atoms with Gasteiger partial charge in [0.15, 0.2) is 5.65 Å². The van der Waals surface area contributed by atoms with Gasteiger partial charge in [-0.25, -0.2) is 9.97 Å². The summed E-state index contributed by atoms with van der Waals surface area (Å²) in [6.45, 7) is 3.99. The maximum atomic E-state index is 14.7. The number of fused-ring (bicyclic) bond motifs is 1. The molecule has 0 amide bonds. The minimum Gasteiger partial charge on any atom is -0.481 e. The average molecular weight is 453 g/mol. The second kappa shape index (κ2) is 7.89. The van der Waals surface area contributed by atoms with Crippen LogP contribution in [0.25, 0.3) is 11.0 Å². The second-order valence-corrected chi connectivity index (χ2v) is 8.96. The molecule has 1 aliphatic carbocycles. The summed E-state index contributed by atoms with van der Waals surface area (Å²) in [6, 6.07) is 9.73. The monoisotopic (exact) mass is 453 g/mol. The number of hydrogen-bond donors (Lipinski definition) is 2. The molecule has 2 aromatic heterocycles.